The fourth-order valence-corrected chi connectivity index (χ4v) is 3.57. The van der Waals surface area contributed by atoms with E-state index in [9.17, 15) is 4.79 Å². The van der Waals surface area contributed by atoms with Gasteiger partial charge in [0.1, 0.15) is 5.78 Å². The van der Waals surface area contributed by atoms with Gasteiger partial charge >= 0.3 is 0 Å². The molecule has 2 rings (SSSR count). The highest BCUT2D eigenvalue weighted by atomic mass is 32.1. The molecule has 1 atom stereocenters. The Bertz CT molecular complexity index is 594. The van der Waals surface area contributed by atoms with E-state index in [0.717, 1.165) is 12.0 Å². The van der Waals surface area contributed by atoms with Gasteiger partial charge in [0.15, 0.2) is 0 Å². The Morgan fingerprint density at radius 3 is 2.70 bits per heavy atom. The highest BCUT2D eigenvalue weighted by molar-refractivity contribution is 7.17. The lowest BCUT2D eigenvalue weighted by Crippen LogP contribution is -2.29. The Labute approximate surface area is 125 Å². The van der Waals surface area contributed by atoms with E-state index < -0.39 is 0 Å². The fourth-order valence-electron chi connectivity index (χ4n) is 2.61. The second-order valence-corrected chi connectivity index (χ2v) is 7.61. The number of hydrogen-bond acceptors (Lipinski definition) is 3. The number of Topliss-reactive ketones (excluding diaryl/α,β-unsaturated/α-hetero) is 1. The van der Waals surface area contributed by atoms with Gasteiger partial charge in [-0.25, -0.2) is 0 Å². The summed E-state index contributed by atoms with van der Waals surface area (Å²) in [6.07, 6.45) is 1.85. The van der Waals surface area contributed by atoms with Gasteiger partial charge in [-0.2, -0.15) is 0 Å². The van der Waals surface area contributed by atoms with Gasteiger partial charge in [0.2, 0.25) is 0 Å². The van der Waals surface area contributed by atoms with Crippen LogP contribution in [0.1, 0.15) is 39.2 Å². The van der Waals surface area contributed by atoms with E-state index in [1.54, 1.807) is 11.3 Å². The standard InChI is InChI=1S/C17H23NOS/c1-17(2,3)10-13(18)9-14(19)8-12-11-20-16-7-5-4-6-15(12)16/h4-7,11,13H,8-10,18H2,1-3H3. The molecule has 1 aromatic carbocycles. The first-order valence-corrected chi connectivity index (χ1v) is 7.95. The molecule has 3 heteroatoms. The van der Waals surface area contributed by atoms with Crippen LogP contribution in [0.2, 0.25) is 0 Å². The van der Waals surface area contributed by atoms with Crippen molar-refractivity contribution < 1.29 is 4.79 Å². The molecule has 0 aliphatic rings. The monoisotopic (exact) mass is 289 g/mol. The average molecular weight is 289 g/mol. The van der Waals surface area contributed by atoms with Gasteiger partial charge < -0.3 is 5.73 Å². The number of carbonyl (C=O) groups excluding carboxylic acids is 1. The topological polar surface area (TPSA) is 43.1 Å². The second kappa shape index (κ2) is 6.06. The third kappa shape index (κ3) is 4.15. The number of nitrogens with two attached hydrogens (primary N) is 1. The molecule has 0 bridgehead atoms. The van der Waals surface area contributed by atoms with Crippen LogP contribution in [0.4, 0.5) is 0 Å². The Hall–Kier alpha value is -1.19. The van der Waals surface area contributed by atoms with Gasteiger partial charge in [-0.15, -0.1) is 11.3 Å². The third-order valence-corrected chi connectivity index (χ3v) is 4.33. The molecule has 20 heavy (non-hydrogen) atoms. The molecule has 0 radical (unpaired) electrons. The zero-order chi connectivity index (χ0) is 14.8. The normalized spacial score (nSPS) is 13.6. The van der Waals surface area contributed by atoms with Crippen molar-refractivity contribution in [2.24, 2.45) is 11.1 Å². The first-order valence-electron chi connectivity index (χ1n) is 7.07. The van der Waals surface area contributed by atoms with E-state index in [4.69, 9.17) is 5.73 Å². The number of hydrogen-bond donors (Lipinski definition) is 1. The summed E-state index contributed by atoms with van der Waals surface area (Å²) in [6.45, 7) is 6.47. The quantitative estimate of drug-likeness (QED) is 0.898. The predicted molar refractivity (Wildman–Crippen MR) is 87.2 cm³/mol. The molecule has 2 aromatic rings. The molecular weight excluding hydrogens is 266 g/mol. The van der Waals surface area contributed by atoms with Crippen molar-refractivity contribution in [1.82, 2.24) is 0 Å². The maximum absolute atomic E-state index is 12.2. The van der Waals surface area contributed by atoms with Gasteiger partial charge in [-0.05, 0) is 34.2 Å². The van der Waals surface area contributed by atoms with Gasteiger partial charge in [0, 0.05) is 23.6 Å². The Kier molecular flexibility index (Phi) is 4.61. The summed E-state index contributed by atoms with van der Waals surface area (Å²) in [7, 11) is 0. The first kappa shape index (κ1) is 15.2. The molecule has 1 aromatic heterocycles. The molecule has 0 saturated heterocycles. The molecular formula is C17H23NOS. The lowest BCUT2D eigenvalue weighted by molar-refractivity contribution is -0.118. The summed E-state index contributed by atoms with van der Waals surface area (Å²) < 4.78 is 1.24. The minimum atomic E-state index is -0.0348. The van der Waals surface area contributed by atoms with Gasteiger partial charge in [-0.3, -0.25) is 4.79 Å². The Morgan fingerprint density at radius 1 is 1.30 bits per heavy atom. The van der Waals surface area contributed by atoms with Crippen molar-refractivity contribution in [3.8, 4) is 0 Å². The van der Waals surface area contributed by atoms with Crippen LogP contribution >= 0.6 is 11.3 Å². The van der Waals surface area contributed by atoms with Crippen LogP contribution in [-0.2, 0) is 11.2 Å². The maximum atomic E-state index is 12.2. The highest BCUT2D eigenvalue weighted by Crippen LogP contribution is 2.27. The summed E-state index contributed by atoms with van der Waals surface area (Å²) in [5, 5.41) is 3.30. The molecule has 2 N–H and O–H groups in total. The van der Waals surface area contributed by atoms with Crippen molar-refractivity contribution in [3.05, 3.63) is 35.2 Å². The van der Waals surface area contributed by atoms with E-state index in [2.05, 4.69) is 38.3 Å². The molecule has 0 amide bonds. The zero-order valence-corrected chi connectivity index (χ0v) is 13.3. The molecule has 0 spiro atoms. The third-order valence-electron chi connectivity index (χ3n) is 3.31. The SMILES string of the molecule is CC(C)(C)CC(N)CC(=O)Cc1csc2ccccc12. The number of ketones is 1. The molecule has 1 unspecified atom stereocenters. The summed E-state index contributed by atoms with van der Waals surface area (Å²) in [4.78, 5) is 12.2. The largest absolute Gasteiger partial charge is 0.327 e. The first-order chi connectivity index (χ1) is 9.35. The number of thiophene rings is 1. The number of carbonyl (C=O) groups is 1. The van der Waals surface area contributed by atoms with Crippen molar-refractivity contribution in [2.75, 3.05) is 0 Å². The van der Waals surface area contributed by atoms with E-state index in [0.29, 0.717) is 12.8 Å². The summed E-state index contributed by atoms with van der Waals surface area (Å²) in [5.74, 6) is 0.241. The second-order valence-electron chi connectivity index (χ2n) is 6.70. The average Bonchev–Trinajstić information content (AvgIpc) is 2.70. The number of benzene rings is 1. The minimum absolute atomic E-state index is 0.0348. The van der Waals surface area contributed by atoms with Crippen molar-refractivity contribution in [2.45, 2.75) is 46.1 Å². The van der Waals surface area contributed by atoms with Crippen LogP contribution < -0.4 is 5.73 Å². The lowest BCUT2D eigenvalue weighted by Gasteiger charge is -2.22. The number of fused-ring (bicyclic) bond motifs is 1. The van der Waals surface area contributed by atoms with Gasteiger partial charge in [0.25, 0.3) is 0 Å². The summed E-state index contributed by atoms with van der Waals surface area (Å²) >= 11 is 1.70. The molecule has 108 valence electrons. The van der Waals surface area contributed by atoms with E-state index >= 15 is 0 Å². The van der Waals surface area contributed by atoms with Crippen LogP contribution in [0.15, 0.2) is 29.6 Å². The van der Waals surface area contributed by atoms with Gasteiger partial charge in [-0.1, -0.05) is 39.0 Å². The smallest absolute Gasteiger partial charge is 0.138 e. The Morgan fingerprint density at radius 2 is 2.00 bits per heavy atom. The van der Waals surface area contributed by atoms with Crippen molar-refractivity contribution >= 4 is 27.2 Å². The molecule has 2 nitrogen and oxygen atoms in total. The minimum Gasteiger partial charge on any atom is -0.327 e. The molecule has 0 aliphatic carbocycles. The molecule has 0 aliphatic heterocycles. The maximum Gasteiger partial charge on any atom is 0.138 e. The van der Waals surface area contributed by atoms with Gasteiger partial charge in [0.05, 0.1) is 0 Å². The van der Waals surface area contributed by atoms with Crippen LogP contribution in [0, 0.1) is 5.41 Å². The van der Waals surface area contributed by atoms with E-state index in [1.807, 2.05) is 12.1 Å². The lowest BCUT2D eigenvalue weighted by atomic mass is 9.86. The van der Waals surface area contributed by atoms with E-state index in [-0.39, 0.29) is 17.2 Å². The van der Waals surface area contributed by atoms with Crippen LogP contribution in [-0.4, -0.2) is 11.8 Å². The summed E-state index contributed by atoms with van der Waals surface area (Å²) in [5.41, 5.74) is 7.40. The van der Waals surface area contributed by atoms with Crippen molar-refractivity contribution in [3.63, 3.8) is 0 Å². The predicted octanol–water partition coefficient (Wildman–Crippen LogP) is 4.17. The highest BCUT2D eigenvalue weighted by Gasteiger charge is 2.18. The molecule has 0 fully saturated rings. The summed E-state index contributed by atoms with van der Waals surface area (Å²) in [6, 6.07) is 8.20. The number of rotatable bonds is 5. The van der Waals surface area contributed by atoms with Crippen LogP contribution in [0.5, 0.6) is 0 Å². The zero-order valence-electron chi connectivity index (χ0n) is 12.5. The molecule has 0 saturated carbocycles. The fraction of sp³-hybridized carbons (Fsp3) is 0.471. The van der Waals surface area contributed by atoms with Crippen LogP contribution in [0.25, 0.3) is 10.1 Å². The van der Waals surface area contributed by atoms with Crippen LogP contribution in [0.3, 0.4) is 0 Å². The Balaban J connectivity index is 1.98. The van der Waals surface area contributed by atoms with Crippen molar-refractivity contribution in [1.29, 1.82) is 0 Å². The molecule has 1 heterocycles. The van der Waals surface area contributed by atoms with E-state index in [1.165, 1.54) is 10.1 Å².